The van der Waals surface area contributed by atoms with E-state index in [1.807, 2.05) is 30.3 Å². The molecule has 1 fully saturated rings. The van der Waals surface area contributed by atoms with Crippen molar-refractivity contribution in [3.05, 3.63) is 35.9 Å². The Balaban J connectivity index is 1.89. The molecule has 0 bridgehead atoms. The summed E-state index contributed by atoms with van der Waals surface area (Å²) in [5, 5.41) is 21.9. The van der Waals surface area contributed by atoms with Gasteiger partial charge in [-0.15, -0.1) is 0 Å². The summed E-state index contributed by atoms with van der Waals surface area (Å²) in [7, 11) is 0. The van der Waals surface area contributed by atoms with Gasteiger partial charge in [0, 0.05) is 6.04 Å². The molecule has 0 spiro atoms. The number of nitrogens with one attached hydrogen (secondary N) is 1. The predicted molar refractivity (Wildman–Crippen MR) is 90.3 cm³/mol. The Morgan fingerprint density at radius 3 is 2.42 bits per heavy atom. The Labute approximate surface area is 142 Å². The van der Waals surface area contributed by atoms with Crippen LogP contribution in [0.25, 0.3) is 0 Å². The van der Waals surface area contributed by atoms with Crippen molar-refractivity contribution in [2.45, 2.75) is 56.7 Å². The molecule has 2 rings (SSSR count). The van der Waals surface area contributed by atoms with Crippen LogP contribution in [0, 0.1) is 5.92 Å². The number of benzene rings is 1. The summed E-state index contributed by atoms with van der Waals surface area (Å²) in [5.74, 6) is -1.47. The maximum absolute atomic E-state index is 12.2. The van der Waals surface area contributed by atoms with Gasteiger partial charge in [0.15, 0.2) is 0 Å². The normalized spacial score (nSPS) is 18.8. The van der Waals surface area contributed by atoms with E-state index in [1.54, 1.807) is 0 Å². The van der Waals surface area contributed by atoms with Gasteiger partial charge in [-0.3, -0.25) is 4.79 Å². The van der Waals surface area contributed by atoms with E-state index in [-0.39, 0.29) is 0 Å². The van der Waals surface area contributed by atoms with Crippen LogP contribution in [-0.2, 0) is 16.0 Å². The summed E-state index contributed by atoms with van der Waals surface area (Å²) < 4.78 is 0. The van der Waals surface area contributed by atoms with Crippen molar-refractivity contribution >= 4 is 11.9 Å². The number of hydrogen-bond donors (Lipinski definition) is 4. The molecule has 1 saturated carbocycles. The van der Waals surface area contributed by atoms with Gasteiger partial charge in [-0.25, -0.2) is 4.79 Å². The second-order valence-corrected chi connectivity index (χ2v) is 6.58. The first-order valence-corrected chi connectivity index (χ1v) is 8.48. The molecular formula is C18H26N2O4. The molecule has 1 unspecified atom stereocenters. The summed E-state index contributed by atoms with van der Waals surface area (Å²) in [6.45, 7) is 0. The van der Waals surface area contributed by atoms with E-state index in [0.29, 0.717) is 18.8 Å². The van der Waals surface area contributed by atoms with Crippen LogP contribution in [0.4, 0.5) is 0 Å². The maximum atomic E-state index is 12.2. The van der Waals surface area contributed by atoms with Crippen molar-refractivity contribution in [2.75, 3.05) is 0 Å². The molecule has 0 aliphatic heterocycles. The summed E-state index contributed by atoms with van der Waals surface area (Å²) in [6, 6.07) is 7.56. The first-order valence-electron chi connectivity index (χ1n) is 8.48. The van der Waals surface area contributed by atoms with Crippen LogP contribution in [0.15, 0.2) is 30.3 Å². The SMILES string of the molecule is N[C@H](Cc1ccccc1)[C@H](O)C(=O)NC(CC1CCCC1)C(=O)O. The lowest BCUT2D eigenvalue weighted by atomic mass is 9.97. The fourth-order valence-corrected chi connectivity index (χ4v) is 3.25. The van der Waals surface area contributed by atoms with E-state index < -0.39 is 30.1 Å². The molecule has 1 aromatic carbocycles. The quantitative estimate of drug-likeness (QED) is 0.568. The zero-order valence-corrected chi connectivity index (χ0v) is 13.7. The number of aliphatic carboxylic acids is 1. The van der Waals surface area contributed by atoms with Crippen LogP contribution in [-0.4, -0.2) is 40.3 Å². The molecule has 6 heteroatoms. The van der Waals surface area contributed by atoms with Crippen molar-refractivity contribution in [3.8, 4) is 0 Å². The second kappa shape index (κ2) is 8.80. The van der Waals surface area contributed by atoms with E-state index in [1.165, 1.54) is 0 Å². The average molecular weight is 334 g/mol. The number of carbonyl (C=O) groups is 2. The van der Waals surface area contributed by atoms with Crippen molar-refractivity contribution in [2.24, 2.45) is 11.7 Å². The Bertz CT molecular complexity index is 543. The molecule has 5 N–H and O–H groups in total. The van der Waals surface area contributed by atoms with E-state index in [9.17, 15) is 19.8 Å². The van der Waals surface area contributed by atoms with E-state index in [4.69, 9.17) is 5.73 Å². The fourth-order valence-electron chi connectivity index (χ4n) is 3.25. The summed E-state index contributed by atoms with van der Waals surface area (Å²) in [4.78, 5) is 23.5. The number of aliphatic hydroxyl groups is 1. The number of carboxylic acids is 1. The Kier molecular flexibility index (Phi) is 6.75. The van der Waals surface area contributed by atoms with Crippen LogP contribution in [0.2, 0.25) is 0 Å². The maximum Gasteiger partial charge on any atom is 0.326 e. The third-order valence-electron chi connectivity index (χ3n) is 4.65. The van der Waals surface area contributed by atoms with Crippen LogP contribution < -0.4 is 11.1 Å². The van der Waals surface area contributed by atoms with Crippen LogP contribution in [0.1, 0.15) is 37.7 Å². The van der Waals surface area contributed by atoms with Crippen LogP contribution in [0.3, 0.4) is 0 Å². The van der Waals surface area contributed by atoms with Gasteiger partial charge in [-0.05, 0) is 24.3 Å². The van der Waals surface area contributed by atoms with Crippen molar-refractivity contribution < 1.29 is 19.8 Å². The number of carbonyl (C=O) groups excluding carboxylic acids is 1. The standard InChI is InChI=1S/C18H26N2O4/c19-14(10-12-6-2-1-3-7-12)16(21)17(22)20-15(18(23)24)11-13-8-4-5-9-13/h1-3,6-7,13-16,21H,4-5,8-11,19H2,(H,20,22)(H,23,24)/t14-,15?,16+/m1/s1. The van der Waals surface area contributed by atoms with E-state index in [2.05, 4.69) is 5.32 Å². The predicted octanol–water partition coefficient (Wildman–Crippen LogP) is 1.07. The van der Waals surface area contributed by atoms with Crippen LogP contribution in [0.5, 0.6) is 0 Å². The van der Waals surface area contributed by atoms with Crippen molar-refractivity contribution in [1.82, 2.24) is 5.32 Å². The topological polar surface area (TPSA) is 113 Å². The highest BCUT2D eigenvalue weighted by Gasteiger charge is 2.30. The second-order valence-electron chi connectivity index (χ2n) is 6.58. The number of rotatable bonds is 8. The molecule has 0 aromatic heterocycles. The molecule has 1 aliphatic carbocycles. The van der Waals surface area contributed by atoms with Gasteiger partial charge in [-0.2, -0.15) is 0 Å². The minimum atomic E-state index is -1.43. The minimum absolute atomic E-state index is 0.321. The molecule has 3 atom stereocenters. The lowest BCUT2D eigenvalue weighted by Crippen LogP contribution is -2.52. The third kappa shape index (κ3) is 5.32. The van der Waals surface area contributed by atoms with Gasteiger partial charge in [-0.1, -0.05) is 56.0 Å². The van der Waals surface area contributed by atoms with Crippen molar-refractivity contribution in [1.29, 1.82) is 0 Å². The zero-order valence-electron chi connectivity index (χ0n) is 13.7. The zero-order chi connectivity index (χ0) is 17.5. The molecule has 0 heterocycles. The summed E-state index contributed by atoms with van der Waals surface area (Å²) in [6.07, 6.45) is 3.52. The molecule has 0 radical (unpaired) electrons. The molecule has 1 amide bonds. The Morgan fingerprint density at radius 2 is 1.83 bits per heavy atom. The van der Waals surface area contributed by atoms with Gasteiger partial charge < -0.3 is 21.3 Å². The van der Waals surface area contributed by atoms with Gasteiger partial charge in [0.2, 0.25) is 0 Å². The number of aliphatic hydroxyl groups excluding tert-OH is 1. The number of carboxylic acid groups (broad SMARTS) is 1. The lowest BCUT2D eigenvalue weighted by molar-refractivity contribution is -0.144. The van der Waals surface area contributed by atoms with Gasteiger partial charge in [0.25, 0.3) is 5.91 Å². The molecule has 132 valence electrons. The molecule has 1 aliphatic rings. The Morgan fingerprint density at radius 1 is 1.21 bits per heavy atom. The summed E-state index contributed by atoms with van der Waals surface area (Å²) >= 11 is 0. The van der Waals surface area contributed by atoms with Gasteiger partial charge in [0.05, 0.1) is 0 Å². The fraction of sp³-hybridized carbons (Fsp3) is 0.556. The highest BCUT2D eigenvalue weighted by Crippen LogP contribution is 2.28. The average Bonchev–Trinajstić information content (AvgIpc) is 3.07. The molecule has 0 saturated heterocycles. The van der Waals surface area contributed by atoms with Crippen molar-refractivity contribution in [3.63, 3.8) is 0 Å². The Hall–Kier alpha value is -1.92. The van der Waals surface area contributed by atoms with Gasteiger partial charge >= 0.3 is 5.97 Å². The lowest BCUT2D eigenvalue weighted by Gasteiger charge is -2.22. The number of hydrogen-bond acceptors (Lipinski definition) is 4. The van der Waals surface area contributed by atoms with Gasteiger partial charge in [0.1, 0.15) is 12.1 Å². The minimum Gasteiger partial charge on any atom is -0.480 e. The molecule has 24 heavy (non-hydrogen) atoms. The smallest absolute Gasteiger partial charge is 0.326 e. The third-order valence-corrected chi connectivity index (χ3v) is 4.65. The number of nitrogens with two attached hydrogens (primary N) is 1. The molecular weight excluding hydrogens is 308 g/mol. The highest BCUT2D eigenvalue weighted by atomic mass is 16.4. The monoisotopic (exact) mass is 334 g/mol. The first kappa shape index (κ1) is 18.4. The summed E-state index contributed by atoms with van der Waals surface area (Å²) in [5.41, 5.74) is 6.82. The van der Waals surface area contributed by atoms with E-state index >= 15 is 0 Å². The molecule has 1 aromatic rings. The highest BCUT2D eigenvalue weighted by molar-refractivity contribution is 5.86. The first-order chi connectivity index (χ1) is 11.5. The van der Waals surface area contributed by atoms with E-state index in [0.717, 1.165) is 31.2 Å². The van der Waals surface area contributed by atoms with Crippen LogP contribution >= 0.6 is 0 Å². The molecule has 6 nitrogen and oxygen atoms in total. The number of amides is 1. The largest absolute Gasteiger partial charge is 0.480 e.